The molecule has 2 rings (SSSR count). The monoisotopic (exact) mass is 295 g/mol. The summed E-state index contributed by atoms with van der Waals surface area (Å²) in [5, 5.41) is 2.75. The van der Waals surface area contributed by atoms with E-state index in [9.17, 15) is 9.59 Å². The molecule has 1 aromatic rings. The summed E-state index contributed by atoms with van der Waals surface area (Å²) >= 11 is 0. The van der Waals surface area contributed by atoms with Gasteiger partial charge in [-0.2, -0.15) is 0 Å². The first-order valence-electron chi connectivity index (χ1n) is 6.91. The number of anilines is 1. The van der Waals surface area contributed by atoms with Crippen LogP contribution in [0.5, 0.6) is 0 Å². The minimum absolute atomic E-state index is 0.127. The van der Waals surface area contributed by atoms with Crippen molar-refractivity contribution in [2.45, 2.75) is 18.9 Å². The zero-order valence-corrected chi connectivity index (χ0v) is 12.3. The quantitative estimate of drug-likeness (QED) is 0.789. The summed E-state index contributed by atoms with van der Waals surface area (Å²) < 4.78 is 11.5. The Hall–Kier alpha value is -1.86. The van der Waals surface area contributed by atoms with E-state index in [-0.39, 0.29) is 11.8 Å². The Morgan fingerprint density at radius 2 is 2.14 bits per heavy atom. The number of rotatable bonds is 4. The fourth-order valence-corrected chi connectivity index (χ4v) is 2.45. The number of aryl methyl sites for hydroxylation is 1. The van der Waals surface area contributed by atoms with Gasteiger partial charge in [0.1, 0.15) is 5.69 Å². The Kier molecular flexibility index (Phi) is 4.98. The van der Waals surface area contributed by atoms with Crippen LogP contribution in [0.25, 0.3) is 0 Å². The molecule has 1 aromatic heterocycles. The number of carbonyl (C=O) groups is 2. The average Bonchev–Trinajstić information content (AvgIpc) is 2.87. The molecule has 7 heteroatoms. The second-order valence-electron chi connectivity index (χ2n) is 5.18. The van der Waals surface area contributed by atoms with Crippen molar-refractivity contribution in [2.24, 2.45) is 18.7 Å². The minimum Gasteiger partial charge on any atom is -0.464 e. The molecule has 0 bridgehead atoms. The molecule has 0 saturated carbocycles. The van der Waals surface area contributed by atoms with E-state index in [1.165, 1.54) is 7.11 Å². The molecule has 0 aromatic carbocycles. The molecule has 3 N–H and O–H groups in total. The summed E-state index contributed by atoms with van der Waals surface area (Å²) in [6, 6.07) is 0.996. The molecule has 1 saturated heterocycles. The van der Waals surface area contributed by atoms with Crippen LogP contribution in [-0.4, -0.2) is 42.8 Å². The number of methoxy groups -OCH3 is 1. The predicted molar refractivity (Wildman–Crippen MR) is 76.9 cm³/mol. The molecule has 21 heavy (non-hydrogen) atoms. The summed E-state index contributed by atoms with van der Waals surface area (Å²) in [7, 11) is 3.02. The number of nitrogens with one attached hydrogen (secondary N) is 1. The van der Waals surface area contributed by atoms with Crippen LogP contribution in [0.2, 0.25) is 0 Å². The zero-order valence-electron chi connectivity index (χ0n) is 12.3. The van der Waals surface area contributed by atoms with E-state index < -0.39 is 12.0 Å². The molecule has 2 heterocycles. The normalized spacial score (nSPS) is 17.3. The van der Waals surface area contributed by atoms with Crippen molar-refractivity contribution in [1.29, 1.82) is 0 Å². The van der Waals surface area contributed by atoms with Gasteiger partial charge in [-0.15, -0.1) is 0 Å². The van der Waals surface area contributed by atoms with Crippen LogP contribution < -0.4 is 11.1 Å². The molecule has 1 fully saturated rings. The van der Waals surface area contributed by atoms with Crippen molar-refractivity contribution < 1.29 is 19.1 Å². The Morgan fingerprint density at radius 3 is 2.76 bits per heavy atom. The van der Waals surface area contributed by atoms with Gasteiger partial charge < -0.3 is 25.1 Å². The molecule has 7 nitrogen and oxygen atoms in total. The van der Waals surface area contributed by atoms with Gasteiger partial charge >= 0.3 is 5.97 Å². The molecule has 0 spiro atoms. The largest absolute Gasteiger partial charge is 0.464 e. The van der Waals surface area contributed by atoms with Crippen molar-refractivity contribution >= 4 is 17.6 Å². The van der Waals surface area contributed by atoms with Crippen LogP contribution in [0, 0.1) is 5.92 Å². The Bertz CT molecular complexity index is 520. The molecule has 116 valence electrons. The fraction of sp³-hybridized carbons (Fsp3) is 0.571. The van der Waals surface area contributed by atoms with Gasteiger partial charge in [0.15, 0.2) is 0 Å². The molecular formula is C14H21N3O4. The van der Waals surface area contributed by atoms with Crippen LogP contribution in [0.1, 0.15) is 23.3 Å². The number of aromatic nitrogens is 1. The highest BCUT2D eigenvalue weighted by Gasteiger charge is 2.27. The van der Waals surface area contributed by atoms with E-state index in [1.54, 1.807) is 23.9 Å². The van der Waals surface area contributed by atoms with Crippen molar-refractivity contribution in [3.05, 3.63) is 18.0 Å². The summed E-state index contributed by atoms with van der Waals surface area (Å²) in [4.78, 5) is 23.7. The number of esters is 1. The van der Waals surface area contributed by atoms with Crippen LogP contribution in [-0.2, 0) is 21.3 Å². The van der Waals surface area contributed by atoms with Crippen molar-refractivity contribution in [3.63, 3.8) is 0 Å². The van der Waals surface area contributed by atoms with Crippen LogP contribution in [0.4, 0.5) is 5.69 Å². The van der Waals surface area contributed by atoms with Gasteiger partial charge in [0, 0.05) is 26.5 Å². The standard InChI is InChI=1S/C14H21N3O4/c1-17-8-10(7-11(17)14(19)20-2)16-13(18)12(15)9-3-5-21-6-4-9/h7-9,12H,3-6,15H2,1-2H3,(H,16,18). The predicted octanol–water partition coefficient (Wildman–Crippen LogP) is 0.504. The molecule has 0 aliphatic carbocycles. The van der Waals surface area contributed by atoms with Crippen LogP contribution in [0.3, 0.4) is 0 Å². The fourth-order valence-electron chi connectivity index (χ4n) is 2.45. The lowest BCUT2D eigenvalue weighted by atomic mass is 9.92. The summed E-state index contributed by atoms with van der Waals surface area (Å²) in [5.41, 5.74) is 6.91. The maximum absolute atomic E-state index is 12.2. The zero-order chi connectivity index (χ0) is 15.4. The number of ether oxygens (including phenoxy) is 2. The molecule has 1 aliphatic heterocycles. The summed E-state index contributed by atoms with van der Waals surface area (Å²) in [5.74, 6) is -0.571. The van der Waals surface area contributed by atoms with Crippen LogP contribution >= 0.6 is 0 Å². The molecule has 1 aliphatic rings. The van der Waals surface area contributed by atoms with Gasteiger partial charge in [0.05, 0.1) is 18.8 Å². The third-order valence-electron chi connectivity index (χ3n) is 3.74. The van der Waals surface area contributed by atoms with E-state index in [0.717, 1.165) is 12.8 Å². The van der Waals surface area contributed by atoms with Gasteiger partial charge in [-0.25, -0.2) is 4.79 Å². The van der Waals surface area contributed by atoms with E-state index in [4.69, 9.17) is 10.5 Å². The van der Waals surface area contributed by atoms with E-state index >= 15 is 0 Å². The molecule has 1 amide bonds. The van der Waals surface area contributed by atoms with E-state index in [2.05, 4.69) is 10.1 Å². The lowest BCUT2D eigenvalue weighted by Crippen LogP contribution is -2.43. The third-order valence-corrected chi connectivity index (χ3v) is 3.74. The number of hydrogen-bond donors (Lipinski definition) is 2. The first-order chi connectivity index (χ1) is 10.0. The lowest BCUT2D eigenvalue weighted by molar-refractivity contribution is -0.119. The Morgan fingerprint density at radius 1 is 1.48 bits per heavy atom. The van der Waals surface area contributed by atoms with E-state index in [0.29, 0.717) is 24.6 Å². The maximum atomic E-state index is 12.2. The molecule has 1 unspecified atom stereocenters. The number of nitrogens with two attached hydrogens (primary N) is 1. The van der Waals surface area contributed by atoms with Gasteiger partial charge in [0.2, 0.25) is 5.91 Å². The topological polar surface area (TPSA) is 95.6 Å². The van der Waals surface area contributed by atoms with Crippen molar-refractivity contribution in [2.75, 3.05) is 25.6 Å². The molecular weight excluding hydrogens is 274 g/mol. The number of amides is 1. The second kappa shape index (κ2) is 6.73. The SMILES string of the molecule is COC(=O)c1cc(NC(=O)C(N)C2CCOCC2)cn1C. The maximum Gasteiger partial charge on any atom is 0.354 e. The Labute approximate surface area is 123 Å². The highest BCUT2D eigenvalue weighted by atomic mass is 16.5. The smallest absolute Gasteiger partial charge is 0.354 e. The first-order valence-corrected chi connectivity index (χ1v) is 6.91. The lowest BCUT2D eigenvalue weighted by Gasteiger charge is -2.26. The number of carbonyl (C=O) groups excluding carboxylic acids is 2. The third kappa shape index (κ3) is 3.62. The minimum atomic E-state index is -0.573. The summed E-state index contributed by atoms with van der Waals surface area (Å²) in [6.45, 7) is 1.28. The molecule has 0 radical (unpaired) electrons. The number of hydrogen-bond acceptors (Lipinski definition) is 5. The summed E-state index contributed by atoms with van der Waals surface area (Å²) in [6.07, 6.45) is 3.23. The highest BCUT2D eigenvalue weighted by molar-refractivity contribution is 5.96. The average molecular weight is 295 g/mol. The van der Waals surface area contributed by atoms with Gasteiger partial charge in [-0.1, -0.05) is 0 Å². The molecule has 1 atom stereocenters. The number of nitrogens with zero attached hydrogens (tertiary/aromatic N) is 1. The van der Waals surface area contributed by atoms with Gasteiger partial charge in [-0.05, 0) is 24.8 Å². The highest BCUT2D eigenvalue weighted by Crippen LogP contribution is 2.20. The van der Waals surface area contributed by atoms with Gasteiger partial charge in [0.25, 0.3) is 0 Å². The van der Waals surface area contributed by atoms with Gasteiger partial charge in [-0.3, -0.25) is 4.79 Å². The second-order valence-corrected chi connectivity index (χ2v) is 5.18. The van der Waals surface area contributed by atoms with Crippen LogP contribution in [0.15, 0.2) is 12.3 Å². The Balaban J connectivity index is 2.00. The van der Waals surface area contributed by atoms with Crippen molar-refractivity contribution in [3.8, 4) is 0 Å². The van der Waals surface area contributed by atoms with E-state index in [1.807, 2.05) is 0 Å². The van der Waals surface area contributed by atoms with Crippen molar-refractivity contribution in [1.82, 2.24) is 4.57 Å². The first kappa shape index (κ1) is 15.5.